The van der Waals surface area contributed by atoms with Gasteiger partial charge in [-0.25, -0.2) is 0 Å². The molecule has 8 bridgehead atoms. The van der Waals surface area contributed by atoms with E-state index < -0.39 is 0 Å². The van der Waals surface area contributed by atoms with Gasteiger partial charge in [0.25, 0.3) is 0 Å². The normalized spacial score (nSPS) is 13.1. The van der Waals surface area contributed by atoms with Gasteiger partial charge in [0.1, 0.15) is 0 Å². The van der Waals surface area contributed by atoms with Crippen LogP contribution in [0.3, 0.4) is 0 Å². The Balaban J connectivity index is 1.60. The van der Waals surface area contributed by atoms with Gasteiger partial charge in [-0.05, 0) is 72.8 Å². The number of hydrogen-bond acceptors (Lipinski definition) is 4. The molecule has 0 N–H and O–H groups in total. The van der Waals surface area contributed by atoms with E-state index in [-0.39, 0.29) is 0 Å². The summed E-state index contributed by atoms with van der Waals surface area (Å²) in [5, 5.41) is 0. The molecular weight excluding hydrogens is 417 g/mol. The van der Waals surface area contributed by atoms with Crippen LogP contribution in [-0.2, 0) is 0 Å². The Labute approximate surface area is 182 Å². The van der Waals surface area contributed by atoms with Gasteiger partial charge >= 0.3 is 0 Å². The zero-order valence-corrected chi connectivity index (χ0v) is 18.1. The molecule has 0 aromatic heterocycles. The predicted molar refractivity (Wildman–Crippen MR) is 122 cm³/mol. The highest BCUT2D eigenvalue weighted by atomic mass is 32.2. The van der Waals surface area contributed by atoms with E-state index in [2.05, 4.69) is 97.1 Å². The fourth-order valence-electron chi connectivity index (χ4n) is 2.95. The Kier molecular flexibility index (Phi) is 5.45. The maximum absolute atomic E-state index is 2.28. The third-order valence-corrected chi connectivity index (χ3v) is 8.08. The molecule has 5 rings (SSSR count). The lowest BCUT2D eigenvalue weighted by Gasteiger charge is -2.10. The van der Waals surface area contributed by atoms with Crippen molar-refractivity contribution in [2.75, 3.05) is 0 Å². The monoisotopic (exact) mass is 432 g/mol. The van der Waals surface area contributed by atoms with Crippen LogP contribution in [0.2, 0.25) is 0 Å². The van der Waals surface area contributed by atoms with Crippen LogP contribution in [0.1, 0.15) is 0 Å². The number of hydrogen-bond donors (Lipinski definition) is 0. The van der Waals surface area contributed by atoms with Crippen molar-refractivity contribution in [1.82, 2.24) is 0 Å². The number of fused-ring (bicyclic) bond motifs is 8. The molecule has 0 fully saturated rings. The van der Waals surface area contributed by atoms with Gasteiger partial charge in [-0.1, -0.05) is 71.3 Å². The molecule has 0 atom stereocenters. The highest BCUT2D eigenvalue weighted by Crippen LogP contribution is 2.39. The van der Waals surface area contributed by atoms with Crippen molar-refractivity contribution in [1.29, 1.82) is 0 Å². The smallest absolute Gasteiger partial charge is 0.0133 e. The molecule has 4 heteroatoms. The quantitative estimate of drug-likeness (QED) is 0.240. The molecule has 1 heterocycles. The molecule has 136 valence electrons. The predicted octanol–water partition coefficient (Wildman–Crippen LogP) is 8.60. The molecule has 4 aromatic carbocycles. The average molecular weight is 433 g/mol. The average Bonchev–Trinajstić information content (AvgIpc) is 2.69. The highest BCUT2D eigenvalue weighted by Gasteiger charge is 2.07. The highest BCUT2D eigenvalue weighted by molar-refractivity contribution is 8.01. The first-order valence-electron chi connectivity index (χ1n) is 8.92. The van der Waals surface area contributed by atoms with Gasteiger partial charge in [0.15, 0.2) is 0 Å². The third-order valence-electron chi connectivity index (χ3n) is 4.16. The summed E-state index contributed by atoms with van der Waals surface area (Å²) in [6.07, 6.45) is 0. The van der Waals surface area contributed by atoms with E-state index in [0.717, 1.165) is 0 Å². The number of rotatable bonds is 0. The minimum Gasteiger partial charge on any atom is -0.0900 e. The fraction of sp³-hybridized carbons (Fsp3) is 0. The van der Waals surface area contributed by atoms with Crippen molar-refractivity contribution in [2.45, 2.75) is 39.2 Å². The molecule has 1 aliphatic rings. The Morgan fingerprint density at radius 2 is 0.464 bits per heavy atom. The van der Waals surface area contributed by atoms with E-state index in [4.69, 9.17) is 0 Å². The lowest BCUT2D eigenvalue weighted by molar-refractivity contribution is 1.26. The van der Waals surface area contributed by atoms with Crippen molar-refractivity contribution < 1.29 is 0 Å². The van der Waals surface area contributed by atoms with Crippen molar-refractivity contribution in [3.8, 4) is 0 Å². The second kappa shape index (κ2) is 8.34. The Morgan fingerprint density at radius 1 is 0.286 bits per heavy atom. The van der Waals surface area contributed by atoms with Gasteiger partial charge in [-0.2, -0.15) is 0 Å². The Hall–Kier alpha value is -1.72. The van der Waals surface area contributed by atoms with Crippen LogP contribution in [0.5, 0.6) is 0 Å². The van der Waals surface area contributed by atoms with E-state index in [1.165, 1.54) is 39.2 Å². The van der Waals surface area contributed by atoms with E-state index in [0.29, 0.717) is 0 Å². The molecule has 4 aromatic rings. The van der Waals surface area contributed by atoms with Gasteiger partial charge in [-0.3, -0.25) is 0 Å². The standard InChI is InChI=1S/C24H16S4/c1-5-17-13-18(6-1)26-20-8-3-10-22(15-20)28-24-12-4-11-23(16-24)27-21-9-2-7-19(14-21)25-17/h1-16H. The van der Waals surface area contributed by atoms with Crippen LogP contribution in [0.15, 0.2) is 136 Å². The Bertz CT molecular complexity index is 886. The molecule has 0 saturated carbocycles. The second-order valence-corrected chi connectivity index (χ2v) is 10.9. The molecule has 0 aliphatic carbocycles. The van der Waals surface area contributed by atoms with Crippen molar-refractivity contribution in [3.63, 3.8) is 0 Å². The summed E-state index contributed by atoms with van der Waals surface area (Å²) in [6, 6.07) is 35.2. The summed E-state index contributed by atoms with van der Waals surface area (Å²) in [5.74, 6) is 0. The SMILES string of the molecule is c1cc2cc(c1)Sc1cccc(c1)Sc1cccc(c1)Sc1cccc(c1)S2. The van der Waals surface area contributed by atoms with Crippen LogP contribution >= 0.6 is 47.0 Å². The topological polar surface area (TPSA) is 0 Å². The van der Waals surface area contributed by atoms with Crippen molar-refractivity contribution in [2.24, 2.45) is 0 Å². The molecular formula is C24H16S4. The maximum Gasteiger partial charge on any atom is 0.0133 e. The summed E-state index contributed by atoms with van der Waals surface area (Å²) >= 11 is 7.28. The molecule has 0 spiro atoms. The summed E-state index contributed by atoms with van der Waals surface area (Å²) in [5.41, 5.74) is 0. The van der Waals surface area contributed by atoms with Crippen molar-refractivity contribution >= 4 is 47.0 Å². The van der Waals surface area contributed by atoms with E-state index >= 15 is 0 Å². The van der Waals surface area contributed by atoms with Gasteiger partial charge in [0, 0.05) is 39.2 Å². The van der Waals surface area contributed by atoms with Crippen LogP contribution < -0.4 is 0 Å². The van der Waals surface area contributed by atoms with Crippen LogP contribution in [0, 0.1) is 0 Å². The lowest BCUT2D eigenvalue weighted by Crippen LogP contribution is -1.81. The Morgan fingerprint density at radius 3 is 0.643 bits per heavy atom. The zero-order chi connectivity index (χ0) is 18.8. The fourth-order valence-corrected chi connectivity index (χ4v) is 7.00. The summed E-state index contributed by atoms with van der Waals surface area (Å²) in [4.78, 5) is 10.2. The van der Waals surface area contributed by atoms with Gasteiger partial charge < -0.3 is 0 Å². The van der Waals surface area contributed by atoms with E-state index in [9.17, 15) is 0 Å². The first-order valence-corrected chi connectivity index (χ1v) is 12.2. The minimum absolute atomic E-state index is 1.27. The molecule has 1 aliphatic heterocycles. The molecule has 0 nitrogen and oxygen atoms in total. The van der Waals surface area contributed by atoms with Crippen LogP contribution in [-0.4, -0.2) is 0 Å². The summed E-state index contributed by atoms with van der Waals surface area (Å²) < 4.78 is 0. The van der Waals surface area contributed by atoms with Crippen molar-refractivity contribution in [3.05, 3.63) is 97.1 Å². The van der Waals surface area contributed by atoms with Crippen LogP contribution in [0.25, 0.3) is 0 Å². The minimum atomic E-state index is 1.27. The zero-order valence-electron chi connectivity index (χ0n) is 14.9. The maximum atomic E-state index is 2.28. The van der Waals surface area contributed by atoms with E-state index in [1.54, 1.807) is 0 Å². The molecule has 0 radical (unpaired) electrons. The summed E-state index contributed by atoms with van der Waals surface area (Å²) in [7, 11) is 0. The number of benzene rings is 4. The largest absolute Gasteiger partial charge is 0.0900 e. The van der Waals surface area contributed by atoms with Gasteiger partial charge in [0.2, 0.25) is 0 Å². The first kappa shape index (κ1) is 18.3. The lowest BCUT2D eigenvalue weighted by atomic mass is 10.3. The molecule has 0 amide bonds. The third kappa shape index (κ3) is 4.47. The summed E-state index contributed by atoms with van der Waals surface area (Å²) in [6.45, 7) is 0. The second-order valence-electron chi connectivity index (χ2n) is 6.31. The van der Waals surface area contributed by atoms with Crippen LogP contribution in [0.4, 0.5) is 0 Å². The first-order chi connectivity index (χ1) is 13.8. The molecule has 0 unspecified atom stereocenters. The van der Waals surface area contributed by atoms with Gasteiger partial charge in [-0.15, -0.1) is 0 Å². The van der Waals surface area contributed by atoms with Gasteiger partial charge in [0.05, 0.1) is 0 Å². The molecule has 28 heavy (non-hydrogen) atoms. The molecule has 0 saturated heterocycles. The van der Waals surface area contributed by atoms with E-state index in [1.807, 2.05) is 47.0 Å².